The van der Waals surface area contributed by atoms with Gasteiger partial charge in [0.25, 0.3) is 0 Å². The van der Waals surface area contributed by atoms with Gasteiger partial charge in [0.1, 0.15) is 0 Å². The molecule has 0 aromatic heterocycles. The molecule has 0 saturated carbocycles. The summed E-state index contributed by atoms with van der Waals surface area (Å²) in [6, 6.07) is 0. The van der Waals surface area contributed by atoms with Gasteiger partial charge >= 0.3 is 0 Å². The molecule has 6 heteroatoms. The summed E-state index contributed by atoms with van der Waals surface area (Å²) in [5.41, 5.74) is 0. The molecule has 0 aromatic rings. The first-order valence-electron chi connectivity index (χ1n) is 7.33. The van der Waals surface area contributed by atoms with Gasteiger partial charge in [-0.25, -0.2) is 0 Å². The van der Waals surface area contributed by atoms with Crippen molar-refractivity contribution in [1.82, 2.24) is 20.0 Å². The molecule has 0 atom stereocenters. The van der Waals surface area contributed by atoms with E-state index in [4.69, 9.17) is 5.11 Å². The third kappa shape index (κ3) is 4.72. The molecule has 0 bridgehead atoms. The minimum absolute atomic E-state index is 0.222. The average Bonchev–Trinajstić information content (AvgIpc) is 2.66. The molecular weight excluding hydrogens is 244 g/mol. The van der Waals surface area contributed by atoms with Crippen LogP contribution in [-0.4, -0.2) is 97.8 Å². The Labute approximate surface area is 115 Å². The van der Waals surface area contributed by atoms with E-state index in [0.29, 0.717) is 6.54 Å². The van der Waals surface area contributed by atoms with E-state index >= 15 is 0 Å². The van der Waals surface area contributed by atoms with Crippen LogP contribution in [0.3, 0.4) is 0 Å². The first-order chi connectivity index (χ1) is 9.29. The highest BCUT2D eigenvalue weighted by Gasteiger charge is 2.21. The second-order valence-electron chi connectivity index (χ2n) is 5.33. The number of carbonyl (C=O) groups is 1. The van der Waals surface area contributed by atoms with Gasteiger partial charge in [-0.15, -0.1) is 0 Å². The van der Waals surface area contributed by atoms with Gasteiger partial charge in [-0.3, -0.25) is 14.6 Å². The Morgan fingerprint density at radius 2 is 1.68 bits per heavy atom. The number of carbonyl (C=O) groups excluding carboxylic acids is 1. The smallest absolute Gasteiger partial charge is 0.236 e. The molecule has 0 radical (unpaired) electrons. The lowest BCUT2D eigenvalue weighted by molar-refractivity contribution is -0.132. The van der Waals surface area contributed by atoms with Gasteiger partial charge in [-0.2, -0.15) is 0 Å². The summed E-state index contributed by atoms with van der Waals surface area (Å²) in [6.07, 6.45) is 1.08. The number of hydrogen-bond acceptors (Lipinski definition) is 5. The fraction of sp³-hybridized carbons (Fsp3) is 0.923. The topological polar surface area (TPSA) is 59.1 Å². The maximum atomic E-state index is 12.2. The number of β-amino-alcohol motifs (C(OH)–C–C–N with tert-alkyl or cyclic N) is 1. The molecule has 0 aromatic carbocycles. The summed E-state index contributed by atoms with van der Waals surface area (Å²) in [4.78, 5) is 18.7. The van der Waals surface area contributed by atoms with E-state index in [1.807, 2.05) is 4.90 Å². The van der Waals surface area contributed by atoms with Crippen molar-refractivity contribution in [2.75, 3.05) is 72.1 Å². The standard InChI is InChI=1S/C13H26N4O2/c18-11-10-15-4-1-5-16(9-8-15)12-13(19)17-6-2-14-3-7-17/h14,18H,1-12H2. The van der Waals surface area contributed by atoms with Crippen molar-refractivity contribution in [3.63, 3.8) is 0 Å². The number of amides is 1. The van der Waals surface area contributed by atoms with Gasteiger partial charge in [0, 0.05) is 45.8 Å². The zero-order valence-corrected chi connectivity index (χ0v) is 11.7. The number of aliphatic hydroxyl groups is 1. The van der Waals surface area contributed by atoms with Gasteiger partial charge in [0.05, 0.1) is 13.2 Å². The summed E-state index contributed by atoms with van der Waals surface area (Å²) >= 11 is 0. The second-order valence-corrected chi connectivity index (χ2v) is 5.33. The largest absolute Gasteiger partial charge is 0.395 e. The van der Waals surface area contributed by atoms with Crippen molar-refractivity contribution >= 4 is 5.91 Å². The van der Waals surface area contributed by atoms with E-state index in [9.17, 15) is 4.79 Å². The van der Waals surface area contributed by atoms with Gasteiger partial charge in [-0.05, 0) is 19.5 Å². The minimum atomic E-state index is 0.222. The number of hydrogen-bond donors (Lipinski definition) is 2. The average molecular weight is 270 g/mol. The van der Waals surface area contributed by atoms with Gasteiger partial charge < -0.3 is 15.3 Å². The lowest BCUT2D eigenvalue weighted by Gasteiger charge is -2.30. The Kier molecular flexibility index (Phi) is 6.03. The number of nitrogens with one attached hydrogen (secondary N) is 1. The van der Waals surface area contributed by atoms with Crippen LogP contribution in [0.25, 0.3) is 0 Å². The lowest BCUT2D eigenvalue weighted by Crippen LogP contribution is -2.50. The predicted octanol–water partition coefficient (Wildman–Crippen LogP) is -1.58. The zero-order chi connectivity index (χ0) is 13.5. The summed E-state index contributed by atoms with van der Waals surface area (Å²) in [7, 11) is 0. The van der Waals surface area contributed by atoms with Crippen LogP contribution in [0.2, 0.25) is 0 Å². The van der Waals surface area contributed by atoms with Gasteiger partial charge in [0.15, 0.2) is 0 Å². The monoisotopic (exact) mass is 270 g/mol. The van der Waals surface area contributed by atoms with Crippen molar-refractivity contribution < 1.29 is 9.90 Å². The Balaban J connectivity index is 1.74. The van der Waals surface area contributed by atoms with Crippen molar-refractivity contribution in [2.45, 2.75) is 6.42 Å². The maximum Gasteiger partial charge on any atom is 0.236 e. The third-order valence-corrected chi connectivity index (χ3v) is 3.93. The molecule has 2 aliphatic heterocycles. The van der Waals surface area contributed by atoms with E-state index in [1.54, 1.807) is 0 Å². The summed E-state index contributed by atoms with van der Waals surface area (Å²) in [5, 5.41) is 12.2. The maximum absolute atomic E-state index is 12.2. The number of rotatable bonds is 4. The highest BCUT2D eigenvalue weighted by molar-refractivity contribution is 5.78. The molecule has 2 heterocycles. The van der Waals surface area contributed by atoms with Crippen LogP contribution >= 0.6 is 0 Å². The molecule has 2 aliphatic rings. The quantitative estimate of drug-likeness (QED) is 0.646. The van der Waals surface area contributed by atoms with E-state index in [1.165, 1.54) is 0 Å². The molecule has 110 valence electrons. The number of nitrogens with zero attached hydrogens (tertiary/aromatic N) is 3. The van der Waals surface area contributed by atoms with Crippen LogP contribution in [0.5, 0.6) is 0 Å². The first kappa shape index (κ1) is 14.7. The molecule has 0 unspecified atom stereocenters. The minimum Gasteiger partial charge on any atom is -0.395 e. The Hall–Kier alpha value is -0.690. The number of aliphatic hydroxyl groups excluding tert-OH is 1. The van der Waals surface area contributed by atoms with E-state index in [-0.39, 0.29) is 12.5 Å². The van der Waals surface area contributed by atoms with Crippen molar-refractivity contribution in [2.24, 2.45) is 0 Å². The van der Waals surface area contributed by atoms with Crippen molar-refractivity contribution in [1.29, 1.82) is 0 Å². The molecule has 0 spiro atoms. The molecule has 19 heavy (non-hydrogen) atoms. The molecule has 1 amide bonds. The molecule has 2 fully saturated rings. The molecule has 6 nitrogen and oxygen atoms in total. The van der Waals surface area contributed by atoms with Gasteiger partial charge in [0.2, 0.25) is 5.91 Å². The SMILES string of the molecule is O=C(CN1CCCN(CCO)CC1)N1CCNCC1. The van der Waals surface area contributed by atoms with Gasteiger partial charge in [-0.1, -0.05) is 0 Å². The van der Waals surface area contributed by atoms with E-state index in [0.717, 1.165) is 65.3 Å². The van der Waals surface area contributed by atoms with Crippen LogP contribution in [0.1, 0.15) is 6.42 Å². The van der Waals surface area contributed by atoms with Crippen LogP contribution < -0.4 is 5.32 Å². The predicted molar refractivity (Wildman–Crippen MR) is 74.0 cm³/mol. The zero-order valence-electron chi connectivity index (χ0n) is 11.7. The lowest BCUT2D eigenvalue weighted by atomic mass is 10.3. The highest BCUT2D eigenvalue weighted by atomic mass is 16.3. The van der Waals surface area contributed by atoms with E-state index in [2.05, 4.69) is 15.1 Å². The summed E-state index contributed by atoms with van der Waals surface area (Å²) in [5.74, 6) is 0.261. The Morgan fingerprint density at radius 3 is 2.42 bits per heavy atom. The van der Waals surface area contributed by atoms with Crippen LogP contribution in [-0.2, 0) is 4.79 Å². The van der Waals surface area contributed by atoms with Crippen LogP contribution in [0.4, 0.5) is 0 Å². The van der Waals surface area contributed by atoms with Crippen molar-refractivity contribution in [3.05, 3.63) is 0 Å². The van der Waals surface area contributed by atoms with Crippen molar-refractivity contribution in [3.8, 4) is 0 Å². The summed E-state index contributed by atoms with van der Waals surface area (Å²) < 4.78 is 0. The molecule has 2 saturated heterocycles. The molecule has 2 rings (SSSR count). The molecule has 2 N–H and O–H groups in total. The van der Waals surface area contributed by atoms with Crippen LogP contribution in [0.15, 0.2) is 0 Å². The third-order valence-electron chi connectivity index (χ3n) is 3.93. The highest BCUT2D eigenvalue weighted by Crippen LogP contribution is 2.04. The fourth-order valence-corrected chi connectivity index (χ4v) is 2.75. The first-order valence-corrected chi connectivity index (χ1v) is 7.33. The molecule has 0 aliphatic carbocycles. The number of piperazine rings is 1. The Morgan fingerprint density at radius 1 is 1.00 bits per heavy atom. The summed E-state index contributed by atoms with van der Waals surface area (Å²) in [6.45, 7) is 8.91. The second kappa shape index (κ2) is 7.79. The Bertz CT molecular complexity index is 282. The normalized spacial score (nSPS) is 23.3. The van der Waals surface area contributed by atoms with Crippen LogP contribution in [0, 0.1) is 0 Å². The van der Waals surface area contributed by atoms with E-state index < -0.39 is 0 Å². The molecular formula is C13H26N4O2. The fourth-order valence-electron chi connectivity index (χ4n) is 2.75.